The SMILES string of the molecule is CS(=O)(=O)OCCc1cnn(-c2cccc(Br)c2)c1. The van der Waals surface area contributed by atoms with Crippen LogP contribution in [0.25, 0.3) is 5.69 Å². The lowest BCUT2D eigenvalue weighted by atomic mass is 10.3. The molecule has 0 amide bonds. The maximum Gasteiger partial charge on any atom is 0.264 e. The average molecular weight is 345 g/mol. The lowest BCUT2D eigenvalue weighted by Crippen LogP contribution is -2.05. The summed E-state index contributed by atoms with van der Waals surface area (Å²) >= 11 is 3.40. The Kier molecular flexibility index (Phi) is 4.38. The molecule has 0 saturated heterocycles. The Morgan fingerprint density at radius 1 is 1.42 bits per heavy atom. The van der Waals surface area contributed by atoms with E-state index in [9.17, 15) is 8.42 Å². The van der Waals surface area contributed by atoms with E-state index in [1.54, 1.807) is 10.9 Å². The van der Waals surface area contributed by atoms with Gasteiger partial charge in [-0.15, -0.1) is 0 Å². The van der Waals surface area contributed by atoms with Gasteiger partial charge >= 0.3 is 0 Å². The molecule has 0 unspecified atom stereocenters. The van der Waals surface area contributed by atoms with Crippen molar-refractivity contribution in [2.75, 3.05) is 12.9 Å². The first-order valence-corrected chi connectivity index (χ1v) is 8.19. The third-order valence-corrected chi connectivity index (χ3v) is 3.49. The quantitative estimate of drug-likeness (QED) is 0.779. The molecule has 0 fully saturated rings. The molecule has 0 aliphatic rings. The third-order valence-electron chi connectivity index (χ3n) is 2.40. The highest BCUT2D eigenvalue weighted by Gasteiger charge is 2.04. The van der Waals surface area contributed by atoms with Crippen LogP contribution >= 0.6 is 15.9 Å². The molecule has 2 aromatic rings. The van der Waals surface area contributed by atoms with Crippen LogP contribution in [0.4, 0.5) is 0 Å². The minimum atomic E-state index is -3.38. The van der Waals surface area contributed by atoms with Crippen molar-refractivity contribution in [2.24, 2.45) is 0 Å². The third kappa shape index (κ3) is 4.45. The topological polar surface area (TPSA) is 61.2 Å². The zero-order chi connectivity index (χ0) is 13.9. The molecule has 0 bridgehead atoms. The minimum Gasteiger partial charge on any atom is -0.270 e. The zero-order valence-corrected chi connectivity index (χ0v) is 12.7. The van der Waals surface area contributed by atoms with Gasteiger partial charge in [0, 0.05) is 17.1 Å². The summed E-state index contributed by atoms with van der Waals surface area (Å²) in [6.07, 6.45) is 5.10. The second-order valence-electron chi connectivity index (χ2n) is 4.05. The van der Waals surface area contributed by atoms with Gasteiger partial charge in [0.2, 0.25) is 0 Å². The number of benzene rings is 1. The van der Waals surface area contributed by atoms with Crippen LogP contribution in [0.15, 0.2) is 41.1 Å². The van der Waals surface area contributed by atoms with Crippen LogP contribution in [0.2, 0.25) is 0 Å². The first kappa shape index (κ1) is 14.2. The van der Waals surface area contributed by atoms with Crippen molar-refractivity contribution in [3.05, 3.63) is 46.7 Å². The van der Waals surface area contributed by atoms with Gasteiger partial charge in [-0.25, -0.2) is 4.68 Å². The fraction of sp³-hybridized carbons (Fsp3) is 0.250. The van der Waals surface area contributed by atoms with E-state index in [1.165, 1.54) is 0 Å². The van der Waals surface area contributed by atoms with Crippen LogP contribution in [0.3, 0.4) is 0 Å². The minimum absolute atomic E-state index is 0.128. The summed E-state index contributed by atoms with van der Waals surface area (Å²) in [5, 5.41) is 4.23. The van der Waals surface area contributed by atoms with Crippen molar-refractivity contribution in [1.82, 2.24) is 9.78 Å². The van der Waals surface area contributed by atoms with E-state index in [0.717, 1.165) is 22.0 Å². The summed E-state index contributed by atoms with van der Waals surface area (Å²) in [5.41, 5.74) is 1.85. The summed E-state index contributed by atoms with van der Waals surface area (Å²) in [6, 6.07) is 7.75. The fourth-order valence-corrected chi connectivity index (χ4v) is 2.33. The molecule has 0 atom stereocenters. The van der Waals surface area contributed by atoms with Crippen LogP contribution < -0.4 is 0 Å². The van der Waals surface area contributed by atoms with Gasteiger partial charge in [-0.1, -0.05) is 22.0 Å². The van der Waals surface area contributed by atoms with E-state index in [1.807, 2.05) is 30.5 Å². The van der Waals surface area contributed by atoms with Crippen molar-refractivity contribution in [3.8, 4) is 5.69 Å². The van der Waals surface area contributed by atoms with Crippen molar-refractivity contribution < 1.29 is 12.6 Å². The molecular weight excluding hydrogens is 332 g/mol. The van der Waals surface area contributed by atoms with E-state index in [2.05, 4.69) is 21.0 Å². The van der Waals surface area contributed by atoms with Crippen LogP contribution in [0.5, 0.6) is 0 Å². The summed E-state index contributed by atoms with van der Waals surface area (Å²) in [5.74, 6) is 0. The number of aromatic nitrogens is 2. The maximum atomic E-state index is 10.8. The van der Waals surface area contributed by atoms with E-state index in [4.69, 9.17) is 4.18 Å². The number of nitrogens with zero attached hydrogens (tertiary/aromatic N) is 2. The van der Waals surface area contributed by atoms with E-state index < -0.39 is 10.1 Å². The second kappa shape index (κ2) is 5.85. The lowest BCUT2D eigenvalue weighted by molar-refractivity contribution is 0.326. The number of halogens is 1. The number of hydrogen-bond donors (Lipinski definition) is 0. The number of hydrogen-bond acceptors (Lipinski definition) is 4. The Morgan fingerprint density at radius 3 is 2.89 bits per heavy atom. The molecule has 1 aromatic heterocycles. The van der Waals surface area contributed by atoms with Crippen molar-refractivity contribution in [1.29, 1.82) is 0 Å². The Balaban J connectivity index is 2.03. The molecule has 5 nitrogen and oxygen atoms in total. The van der Waals surface area contributed by atoms with E-state index in [0.29, 0.717) is 6.42 Å². The Labute approximate surface area is 120 Å². The van der Waals surface area contributed by atoms with Crippen LogP contribution in [0.1, 0.15) is 5.56 Å². The zero-order valence-electron chi connectivity index (χ0n) is 10.3. The highest BCUT2D eigenvalue weighted by Crippen LogP contribution is 2.15. The first-order chi connectivity index (χ1) is 8.94. The molecule has 0 radical (unpaired) electrons. The lowest BCUT2D eigenvalue weighted by Gasteiger charge is -2.01. The van der Waals surface area contributed by atoms with Gasteiger partial charge < -0.3 is 0 Å². The highest BCUT2D eigenvalue weighted by atomic mass is 79.9. The van der Waals surface area contributed by atoms with Gasteiger partial charge in [-0.3, -0.25) is 4.18 Å². The molecule has 0 aliphatic heterocycles. The van der Waals surface area contributed by atoms with Gasteiger partial charge in [0.15, 0.2) is 0 Å². The molecule has 19 heavy (non-hydrogen) atoms. The molecular formula is C12H13BrN2O3S. The molecule has 0 saturated carbocycles. The Hall–Kier alpha value is -1.18. The van der Waals surface area contributed by atoms with Gasteiger partial charge in [-0.2, -0.15) is 13.5 Å². The van der Waals surface area contributed by atoms with Crippen molar-refractivity contribution >= 4 is 26.0 Å². The highest BCUT2D eigenvalue weighted by molar-refractivity contribution is 9.10. The van der Waals surface area contributed by atoms with E-state index in [-0.39, 0.29) is 6.61 Å². The van der Waals surface area contributed by atoms with Gasteiger partial charge in [-0.05, 0) is 23.8 Å². The Morgan fingerprint density at radius 2 is 2.21 bits per heavy atom. The second-order valence-corrected chi connectivity index (χ2v) is 6.61. The summed E-state index contributed by atoms with van der Waals surface area (Å²) < 4.78 is 29.1. The largest absolute Gasteiger partial charge is 0.270 e. The molecule has 0 spiro atoms. The molecule has 0 aliphatic carbocycles. The maximum absolute atomic E-state index is 10.8. The molecule has 0 N–H and O–H groups in total. The Bertz CT molecular complexity index is 667. The molecule has 7 heteroatoms. The van der Waals surface area contributed by atoms with Gasteiger partial charge in [0.25, 0.3) is 10.1 Å². The summed E-state index contributed by atoms with van der Waals surface area (Å²) in [4.78, 5) is 0. The monoisotopic (exact) mass is 344 g/mol. The first-order valence-electron chi connectivity index (χ1n) is 5.58. The molecule has 1 aromatic carbocycles. The molecule has 102 valence electrons. The van der Waals surface area contributed by atoms with Crippen molar-refractivity contribution in [2.45, 2.75) is 6.42 Å². The van der Waals surface area contributed by atoms with Gasteiger partial charge in [0.1, 0.15) is 0 Å². The van der Waals surface area contributed by atoms with Gasteiger partial charge in [0.05, 0.1) is 24.7 Å². The molecule has 2 rings (SSSR count). The van der Waals surface area contributed by atoms with Crippen LogP contribution in [-0.2, 0) is 20.7 Å². The van der Waals surface area contributed by atoms with Crippen molar-refractivity contribution in [3.63, 3.8) is 0 Å². The van der Waals surface area contributed by atoms with E-state index >= 15 is 0 Å². The summed E-state index contributed by atoms with van der Waals surface area (Å²) in [7, 11) is -3.38. The standard InChI is InChI=1S/C12H13BrN2O3S/c1-19(16,17)18-6-5-10-8-14-15(9-10)12-4-2-3-11(13)7-12/h2-4,7-9H,5-6H2,1H3. The smallest absolute Gasteiger partial charge is 0.264 e. The predicted octanol–water partition coefficient (Wildman–Crippen LogP) is 2.15. The molecule has 1 heterocycles. The summed E-state index contributed by atoms with van der Waals surface area (Å²) in [6.45, 7) is 0.128. The fourth-order valence-electron chi connectivity index (χ4n) is 1.56. The predicted molar refractivity (Wildman–Crippen MR) is 75.8 cm³/mol. The number of rotatable bonds is 5. The normalized spacial score (nSPS) is 11.7. The van der Waals surface area contributed by atoms with Crippen LogP contribution in [0, 0.1) is 0 Å². The average Bonchev–Trinajstić information content (AvgIpc) is 2.76. The van der Waals surface area contributed by atoms with Crippen LogP contribution in [-0.4, -0.2) is 31.1 Å².